The molecule has 0 unspecified atom stereocenters. The van der Waals surface area contributed by atoms with E-state index in [1.807, 2.05) is 0 Å². The van der Waals surface area contributed by atoms with Gasteiger partial charge in [0.15, 0.2) is 5.82 Å². The van der Waals surface area contributed by atoms with Gasteiger partial charge in [0.2, 0.25) is 5.13 Å². The summed E-state index contributed by atoms with van der Waals surface area (Å²) in [7, 11) is 0. The average Bonchev–Trinajstić information content (AvgIpc) is 3.05. The molecule has 1 fully saturated rings. The molecule has 106 valence electrons. The molecule has 1 aromatic carbocycles. The lowest BCUT2D eigenvalue weighted by Crippen LogP contribution is -2.07. The summed E-state index contributed by atoms with van der Waals surface area (Å²) in [6.07, 6.45) is -2.30. The molecule has 0 spiro atoms. The van der Waals surface area contributed by atoms with E-state index in [0.717, 1.165) is 30.4 Å². The van der Waals surface area contributed by atoms with E-state index in [-0.39, 0.29) is 11.4 Å². The highest BCUT2D eigenvalue weighted by atomic mass is 79.9. The molecule has 0 atom stereocenters. The maximum Gasteiger partial charge on any atom is 0.417 e. The number of rotatable bonds is 3. The van der Waals surface area contributed by atoms with Crippen LogP contribution in [0.3, 0.4) is 0 Å². The SMILES string of the molecule is FC(F)(F)c1cc(Br)ccc1-c1nsc(NC2CC2)n1. The zero-order valence-corrected chi connectivity index (χ0v) is 12.4. The minimum absolute atomic E-state index is 0.000738. The van der Waals surface area contributed by atoms with E-state index in [4.69, 9.17) is 0 Å². The van der Waals surface area contributed by atoms with Gasteiger partial charge in [0.05, 0.1) is 5.56 Å². The number of hydrogen-bond acceptors (Lipinski definition) is 4. The molecule has 1 heterocycles. The van der Waals surface area contributed by atoms with Crippen molar-refractivity contribution in [3.8, 4) is 11.4 Å². The second-order valence-electron chi connectivity index (χ2n) is 4.53. The third kappa shape index (κ3) is 2.95. The van der Waals surface area contributed by atoms with Crippen LogP contribution in [0.25, 0.3) is 11.4 Å². The smallest absolute Gasteiger partial charge is 0.358 e. The molecule has 1 aliphatic rings. The minimum Gasteiger partial charge on any atom is -0.358 e. The van der Waals surface area contributed by atoms with Crippen molar-refractivity contribution < 1.29 is 13.2 Å². The average molecular weight is 364 g/mol. The molecular weight excluding hydrogens is 355 g/mol. The first-order valence-corrected chi connectivity index (χ1v) is 7.47. The molecule has 0 aliphatic heterocycles. The number of anilines is 1. The Morgan fingerprint density at radius 3 is 2.70 bits per heavy atom. The monoisotopic (exact) mass is 363 g/mol. The summed E-state index contributed by atoms with van der Waals surface area (Å²) in [5, 5.41) is 3.70. The van der Waals surface area contributed by atoms with Crippen molar-refractivity contribution in [2.24, 2.45) is 0 Å². The molecule has 8 heteroatoms. The van der Waals surface area contributed by atoms with E-state index in [2.05, 4.69) is 30.6 Å². The summed E-state index contributed by atoms with van der Waals surface area (Å²) in [4.78, 5) is 4.15. The van der Waals surface area contributed by atoms with Crippen LogP contribution in [0.4, 0.5) is 18.3 Å². The van der Waals surface area contributed by atoms with Gasteiger partial charge in [-0.1, -0.05) is 15.9 Å². The van der Waals surface area contributed by atoms with E-state index >= 15 is 0 Å². The van der Waals surface area contributed by atoms with Crippen molar-refractivity contribution in [2.45, 2.75) is 25.1 Å². The highest BCUT2D eigenvalue weighted by Gasteiger charge is 2.35. The normalized spacial score (nSPS) is 15.4. The van der Waals surface area contributed by atoms with Crippen LogP contribution in [0.15, 0.2) is 22.7 Å². The van der Waals surface area contributed by atoms with E-state index in [9.17, 15) is 13.2 Å². The Balaban J connectivity index is 1.98. The van der Waals surface area contributed by atoms with E-state index < -0.39 is 11.7 Å². The van der Waals surface area contributed by atoms with E-state index in [1.165, 1.54) is 6.07 Å². The molecule has 1 saturated carbocycles. The highest BCUT2D eigenvalue weighted by molar-refractivity contribution is 9.10. The molecule has 1 aromatic heterocycles. The lowest BCUT2D eigenvalue weighted by atomic mass is 10.1. The number of nitrogens with one attached hydrogen (secondary N) is 1. The Labute approximate surface area is 125 Å². The second kappa shape index (κ2) is 5.00. The van der Waals surface area contributed by atoms with Gasteiger partial charge in [-0.05, 0) is 31.0 Å². The lowest BCUT2D eigenvalue weighted by Gasteiger charge is -2.11. The molecule has 3 rings (SSSR count). The minimum atomic E-state index is -4.44. The number of benzene rings is 1. The molecule has 3 nitrogen and oxygen atoms in total. The molecule has 0 radical (unpaired) electrons. The third-order valence-corrected chi connectivity index (χ3v) is 4.00. The van der Waals surface area contributed by atoms with Crippen LogP contribution in [0.2, 0.25) is 0 Å². The van der Waals surface area contributed by atoms with Crippen molar-refractivity contribution in [1.82, 2.24) is 9.36 Å². The fourth-order valence-electron chi connectivity index (χ4n) is 1.74. The maximum absolute atomic E-state index is 13.1. The summed E-state index contributed by atoms with van der Waals surface area (Å²) in [5.41, 5.74) is -0.733. The van der Waals surface area contributed by atoms with Gasteiger partial charge in [-0.25, -0.2) is 0 Å². The van der Waals surface area contributed by atoms with Crippen LogP contribution in [-0.2, 0) is 6.18 Å². The first-order chi connectivity index (χ1) is 9.43. The summed E-state index contributed by atoms with van der Waals surface area (Å²) >= 11 is 4.14. The predicted molar refractivity (Wildman–Crippen MR) is 74.7 cm³/mol. The largest absolute Gasteiger partial charge is 0.417 e. The van der Waals surface area contributed by atoms with Crippen molar-refractivity contribution in [3.05, 3.63) is 28.2 Å². The Morgan fingerprint density at radius 2 is 2.05 bits per heavy atom. The molecule has 0 amide bonds. The van der Waals surface area contributed by atoms with Gasteiger partial charge in [0.1, 0.15) is 0 Å². The van der Waals surface area contributed by atoms with Crippen LogP contribution >= 0.6 is 27.5 Å². The molecule has 2 aromatic rings. The number of alkyl halides is 3. The summed E-state index contributed by atoms with van der Waals surface area (Å²) < 4.78 is 43.6. The Kier molecular flexibility index (Phi) is 3.45. The fourth-order valence-corrected chi connectivity index (χ4v) is 2.76. The Hall–Kier alpha value is -1.15. The molecule has 20 heavy (non-hydrogen) atoms. The number of hydrogen-bond donors (Lipinski definition) is 1. The van der Waals surface area contributed by atoms with Crippen LogP contribution in [0, 0.1) is 0 Å². The van der Waals surface area contributed by atoms with Crippen LogP contribution in [0.5, 0.6) is 0 Å². The van der Waals surface area contributed by atoms with Crippen molar-refractivity contribution >= 4 is 32.6 Å². The summed E-state index contributed by atoms with van der Waals surface area (Å²) in [6, 6.07) is 4.38. The molecule has 0 saturated heterocycles. The predicted octanol–water partition coefficient (Wildman–Crippen LogP) is 4.56. The second-order valence-corrected chi connectivity index (χ2v) is 6.20. The van der Waals surface area contributed by atoms with Gasteiger partial charge in [-0.3, -0.25) is 0 Å². The van der Waals surface area contributed by atoms with Gasteiger partial charge < -0.3 is 5.32 Å². The molecule has 1 N–H and O–H groups in total. The molecule has 0 bridgehead atoms. The molecular formula is C12H9BrF3N3S. The summed E-state index contributed by atoms with van der Waals surface area (Å²) in [5.74, 6) is 0.109. The fraction of sp³-hybridized carbons (Fsp3) is 0.333. The maximum atomic E-state index is 13.1. The zero-order chi connectivity index (χ0) is 14.3. The Morgan fingerprint density at radius 1 is 1.30 bits per heavy atom. The van der Waals surface area contributed by atoms with Crippen molar-refractivity contribution in [2.75, 3.05) is 5.32 Å². The van der Waals surface area contributed by atoms with Crippen LogP contribution < -0.4 is 5.32 Å². The van der Waals surface area contributed by atoms with Gasteiger partial charge in [0, 0.05) is 27.6 Å². The number of aromatic nitrogens is 2. The van der Waals surface area contributed by atoms with Crippen molar-refractivity contribution in [1.29, 1.82) is 0 Å². The van der Waals surface area contributed by atoms with Crippen LogP contribution in [-0.4, -0.2) is 15.4 Å². The van der Waals surface area contributed by atoms with Crippen LogP contribution in [0.1, 0.15) is 18.4 Å². The Bertz CT molecular complexity index is 637. The van der Waals surface area contributed by atoms with E-state index in [1.54, 1.807) is 6.07 Å². The zero-order valence-electron chi connectivity index (χ0n) is 10.0. The standard InChI is InChI=1S/C12H9BrF3N3S/c13-6-1-4-8(9(5-6)12(14,15)16)10-18-11(20-19-10)17-7-2-3-7/h1,4-5,7H,2-3H2,(H,17,18,19). The highest BCUT2D eigenvalue weighted by Crippen LogP contribution is 2.38. The van der Waals surface area contributed by atoms with Gasteiger partial charge in [0.25, 0.3) is 0 Å². The van der Waals surface area contributed by atoms with E-state index in [0.29, 0.717) is 15.6 Å². The van der Waals surface area contributed by atoms with Gasteiger partial charge >= 0.3 is 6.18 Å². The number of nitrogens with zero attached hydrogens (tertiary/aromatic N) is 2. The molecule has 1 aliphatic carbocycles. The number of halogens is 4. The van der Waals surface area contributed by atoms with Gasteiger partial charge in [-0.15, -0.1) is 0 Å². The first kappa shape index (κ1) is 13.8. The van der Waals surface area contributed by atoms with Crippen molar-refractivity contribution in [3.63, 3.8) is 0 Å². The van der Waals surface area contributed by atoms with Gasteiger partial charge in [-0.2, -0.15) is 22.5 Å². The summed E-state index contributed by atoms with van der Waals surface area (Å²) in [6.45, 7) is 0. The third-order valence-electron chi connectivity index (χ3n) is 2.86. The lowest BCUT2D eigenvalue weighted by molar-refractivity contribution is -0.137. The topological polar surface area (TPSA) is 37.8 Å². The quantitative estimate of drug-likeness (QED) is 0.868. The first-order valence-electron chi connectivity index (χ1n) is 5.91.